The Hall–Kier alpha value is -3.66. The standard InChI is InChI=1S/C22H18N2O2/c25-22(16-15-18-9-3-1-4-10-18)26-21-14-8-7-11-19(21)17-23-24-20-12-5-2-6-13-20/h1-17,24H. The van der Waals surface area contributed by atoms with E-state index in [9.17, 15) is 4.79 Å². The molecule has 0 aliphatic heterocycles. The minimum absolute atomic E-state index is 0.439. The molecule has 4 nitrogen and oxygen atoms in total. The van der Waals surface area contributed by atoms with Crippen LogP contribution >= 0.6 is 0 Å². The van der Waals surface area contributed by atoms with Crippen molar-refractivity contribution in [3.63, 3.8) is 0 Å². The molecule has 0 amide bonds. The maximum absolute atomic E-state index is 12.1. The van der Waals surface area contributed by atoms with Gasteiger partial charge in [-0.25, -0.2) is 4.79 Å². The van der Waals surface area contributed by atoms with Gasteiger partial charge in [0.25, 0.3) is 0 Å². The van der Waals surface area contributed by atoms with E-state index in [4.69, 9.17) is 4.74 Å². The lowest BCUT2D eigenvalue weighted by Crippen LogP contribution is -2.05. The van der Waals surface area contributed by atoms with Crippen molar-refractivity contribution >= 4 is 23.9 Å². The zero-order valence-corrected chi connectivity index (χ0v) is 14.1. The number of nitrogens with zero attached hydrogens (tertiary/aromatic N) is 1. The van der Waals surface area contributed by atoms with Gasteiger partial charge in [0.15, 0.2) is 0 Å². The molecule has 0 saturated heterocycles. The molecule has 0 aliphatic rings. The number of rotatable bonds is 6. The first-order chi connectivity index (χ1) is 12.8. The number of nitrogens with one attached hydrogen (secondary N) is 1. The SMILES string of the molecule is O=C(C=Cc1ccccc1)Oc1ccccc1C=NNc1ccccc1. The average Bonchev–Trinajstić information content (AvgIpc) is 2.69. The summed E-state index contributed by atoms with van der Waals surface area (Å²) in [5.74, 6) is 0.0135. The summed E-state index contributed by atoms with van der Waals surface area (Å²) in [6.45, 7) is 0. The largest absolute Gasteiger partial charge is 0.423 e. The van der Waals surface area contributed by atoms with Gasteiger partial charge in [0.1, 0.15) is 5.75 Å². The highest BCUT2D eigenvalue weighted by atomic mass is 16.5. The molecule has 0 unspecified atom stereocenters. The predicted molar refractivity (Wildman–Crippen MR) is 105 cm³/mol. The van der Waals surface area contributed by atoms with E-state index in [0.717, 1.165) is 11.3 Å². The molecule has 0 radical (unpaired) electrons. The number of esters is 1. The van der Waals surface area contributed by atoms with Gasteiger partial charge in [-0.05, 0) is 35.9 Å². The lowest BCUT2D eigenvalue weighted by Gasteiger charge is -2.05. The quantitative estimate of drug-likeness (QED) is 0.231. The van der Waals surface area contributed by atoms with Gasteiger partial charge in [-0.1, -0.05) is 60.7 Å². The Kier molecular flexibility index (Phi) is 5.94. The Morgan fingerprint density at radius 2 is 1.50 bits per heavy atom. The monoisotopic (exact) mass is 342 g/mol. The lowest BCUT2D eigenvalue weighted by atomic mass is 10.2. The van der Waals surface area contributed by atoms with E-state index in [1.807, 2.05) is 78.9 Å². The number of benzene rings is 3. The first kappa shape index (κ1) is 17.2. The summed E-state index contributed by atoms with van der Waals surface area (Å²) in [5.41, 5.74) is 5.46. The molecule has 128 valence electrons. The summed E-state index contributed by atoms with van der Waals surface area (Å²) in [6.07, 6.45) is 4.75. The van der Waals surface area contributed by atoms with E-state index >= 15 is 0 Å². The first-order valence-corrected chi connectivity index (χ1v) is 8.19. The third kappa shape index (κ3) is 5.18. The number of ether oxygens (including phenoxy) is 1. The highest BCUT2D eigenvalue weighted by Gasteiger charge is 2.05. The van der Waals surface area contributed by atoms with Crippen LogP contribution in [0.2, 0.25) is 0 Å². The summed E-state index contributed by atoms with van der Waals surface area (Å²) < 4.78 is 5.43. The Bertz CT molecular complexity index is 904. The van der Waals surface area contributed by atoms with Crippen LogP contribution < -0.4 is 10.2 Å². The third-order valence-corrected chi connectivity index (χ3v) is 3.51. The number of carbonyl (C=O) groups excluding carboxylic acids is 1. The van der Waals surface area contributed by atoms with Gasteiger partial charge < -0.3 is 4.74 Å². The smallest absolute Gasteiger partial charge is 0.336 e. The van der Waals surface area contributed by atoms with Gasteiger partial charge in [0.05, 0.1) is 11.9 Å². The molecule has 0 bridgehead atoms. The van der Waals surface area contributed by atoms with Gasteiger partial charge in [0, 0.05) is 11.6 Å². The number of carbonyl (C=O) groups is 1. The van der Waals surface area contributed by atoms with E-state index in [0.29, 0.717) is 11.3 Å². The van der Waals surface area contributed by atoms with Crippen LogP contribution in [0, 0.1) is 0 Å². The van der Waals surface area contributed by atoms with Crippen molar-refractivity contribution in [1.29, 1.82) is 0 Å². The Labute approximate surface area is 152 Å². The van der Waals surface area contributed by atoms with E-state index in [1.54, 1.807) is 18.4 Å². The summed E-state index contributed by atoms with van der Waals surface area (Å²) in [5, 5.41) is 4.19. The summed E-state index contributed by atoms with van der Waals surface area (Å²) >= 11 is 0. The molecule has 0 atom stereocenters. The minimum atomic E-state index is -0.439. The van der Waals surface area contributed by atoms with Crippen molar-refractivity contribution in [3.8, 4) is 5.75 Å². The van der Waals surface area contributed by atoms with Crippen molar-refractivity contribution in [2.75, 3.05) is 5.43 Å². The van der Waals surface area contributed by atoms with Gasteiger partial charge in [-0.15, -0.1) is 0 Å². The fourth-order valence-corrected chi connectivity index (χ4v) is 2.24. The number of hydrogen-bond donors (Lipinski definition) is 1. The van der Waals surface area contributed by atoms with Crippen LogP contribution in [0.4, 0.5) is 5.69 Å². The van der Waals surface area contributed by atoms with Crippen molar-refractivity contribution < 1.29 is 9.53 Å². The van der Waals surface area contributed by atoms with Crippen molar-refractivity contribution in [1.82, 2.24) is 0 Å². The molecule has 0 saturated carbocycles. The molecule has 0 fully saturated rings. The van der Waals surface area contributed by atoms with Crippen LogP contribution in [-0.4, -0.2) is 12.2 Å². The molecule has 4 heteroatoms. The second-order valence-electron chi connectivity index (χ2n) is 5.44. The summed E-state index contributed by atoms with van der Waals surface area (Å²) in [6, 6.07) is 26.4. The topological polar surface area (TPSA) is 50.7 Å². The number of para-hydroxylation sites is 2. The normalized spacial score (nSPS) is 10.9. The lowest BCUT2D eigenvalue weighted by molar-refractivity contribution is -0.128. The van der Waals surface area contributed by atoms with E-state index in [1.165, 1.54) is 6.08 Å². The third-order valence-electron chi connectivity index (χ3n) is 3.51. The van der Waals surface area contributed by atoms with E-state index in [2.05, 4.69) is 10.5 Å². The molecule has 1 N–H and O–H groups in total. The van der Waals surface area contributed by atoms with Gasteiger partial charge in [-0.2, -0.15) is 5.10 Å². The van der Waals surface area contributed by atoms with Crippen LogP contribution in [0.25, 0.3) is 6.08 Å². The highest BCUT2D eigenvalue weighted by Crippen LogP contribution is 2.17. The van der Waals surface area contributed by atoms with Crippen LogP contribution in [0.3, 0.4) is 0 Å². The number of hydrazone groups is 1. The molecule has 0 spiro atoms. The second kappa shape index (κ2) is 8.99. The molecule has 3 rings (SSSR count). The van der Waals surface area contributed by atoms with Crippen LogP contribution in [0.1, 0.15) is 11.1 Å². The zero-order valence-electron chi connectivity index (χ0n) is 14.1. The maximum atomic E-state index is 12.1. The van der Waals surface area contributed by atoms with E-state index in [-0.39, 0.29) is 0 Å². The molecule has 26 heavy (non-hydrogen) atoms. The number of hydrogen-bond acceptors (Lipinski definition) is 4. The van der Waals surface area contributed by atoms with E-state index < -0.39 is 5.97 Å². The minimum Gasteiger partial charge on any atom is -0.423 e. The fourth-order valence-electron chi connectivity index (χ4n) is 2.24. The average molecular weight is 342 g/mol. The van der Waals surface area contributed by atoms with Gasteiger partial charge in [0.2, 0.25) is 0 Å². The summed E-state index contributed by atoms with van der Waals surface area (Å²) in [4.78, 5) is 12.1. The molecule has 3 aromatic carbocycles. The van der Waals surface area contributed by atoms with Crippen LogP contribution in [0.15, 0.2) is 96.1 Å². The summed E-state index contributed by atoms with van der Waals surface area (Å²) in [7, 11) is 0. The Morgan fingerprint density at radius 3 is 2.27 bits per heavy atom. The fraction of sp³-hybridized carbons (Fsp3) is 0. The molecule has 0 aliphatic carbocycles. The van der Waals surface area contributed by atoms with Crippen molar-refractivity contribution in [3.05, 3.63) is 102 Å². The molecular weight excluding hydrogens is 324 g/mol. The first-order valence-electron chi connectivity index (χ1n) is 8.19. The van der Waals surface area contributed by atoms with Crippen molar-refractivity contribution in [2.24, 2.45) is 5.10 Å². The van der Waals surface area contributed by atoms with Crippen molar-refractivity contribution in [2.45, 2.75) is 0 Å². The van der Waals surface area contributed by atoms with Crippen LogP contribution in [-0.2, 0) is 4.79 Å². The molecule has 3 aromatic rings. The second-order valence-corrected chi connectivity index (χ2v) is 5.44. The predicted octanol–water partition coefficient (Wildman–Crippen LogP) is 4.75. The van der Waals surface area contributed by atoms with Gasteiger partial charge in [-0.3, -0.25) is 5.43 Å². The number of anilines is 1. The maximum Gasteiger partial charge on any atom is 0.336 e. The molecule has 0 heterocycles. The zero-order chi connectivity index (χ0) is 18.0. The van der Waals surface area contributed by atoms with Crippen LogP contribution in [0.5, 0.6) is 5.75 Å². The Morgan fingerprint density at radius 1 is 0.846 bits per heavy atom. The molecular formula is C22H18N2O2. The molecule has 0 aromatic heterocycles. The van der Waals surface area contributed by atoms with Gasteiger partial charge >= 0.3 is 5.97 Å². The Balaban J connectivity index is 1.65. The highest BCUT2D eigenvalue weighted by molar-refractivity contribution is 5.91.